The van der Waals surface area contributed by atoms with Crippen molar-refractivity contribution in [3.63, 3.8) is 0 Å². The first-order valence-electron chi connectivity index (χ1n) is 8.82. The average Bonchev–Trinajstić information content (AvgIpc) is 3.17. The fourth-order valence-electron chi connectivity index (χ4n) is 2.83. The second-order valence-corrected chi connectivity index (χ2v) is 6.19. The molecule has 0 aliphatic heterocycles. The topological polar surface area (TPSA) is 121 Å². The molecule has 2 aromatic carbocycles. The Balaban J connectivity index is 1.64. The zero-order valence-corrected chi connectivity index (χ0v) is 15.5. The van der Waals surface area contributed by atoms with Gasteiger partial charge in [0.25, 0.3) is 5.91 Å². The lowest BCUT2D eigenvalue weighted by molar-refractivity contribution is 0.0963. The zero-order chi connectivity index (χ0) is 20.2. The zero-order valence-electron chi connectivity index (χ0n) is 15.5. The maximum absolute atomic E-state index is 11.6. The largest absolute Gasteiger partial charge is 0.355 e. The molecular weight excluding hydrogens is 368 g/mol. The normalized spacial score (nSPS) is 10.5. The highest BCUT2D eigenvalue weighted by Crippen LogP contribution is 2.19. The number of hydrogen-bond acceptors (Lipinski definition) is 7. The van der Waals surface area contributed by atoms with Crippen LogP contribution >= 0.6 is 0 Å². The van der Waals surface area contributed by atoms with Crippen molar-refractivity contribution >= 4 is 28.7 Å². The Bertz CT molecular complexity index is 1220. The van der Waals surface area contributed by atoms with Gasteiger partial charge >= 0.3 is 0 Å². The van der Waals surface area contributed by atoms with Gasteiger partial charge in [-0.1, -0.05) is 17.3 Å². The van der Waals surface area contributed by atoms with Gasteiger partial charge in [-0.25, -0.2) is 4.98 Å². The fraction of sp³-hybridized carbons (Fsp3) is 0.100. The Morgan fingerprint density at radius 2 is 2.03 bits per heavy atom. The molecule has 0 saturated heterocycles. The van der Waals surface area contributed by atoms with Crippen LogP contribution in [0.2, 0.25) is 0 Å². The van der Waals surface area contributed by atoms with Gasteiger partial charge in [0.2, 0.25) is 5.95 Å². The Hall–Kier alpha value is -4.32. The smallest absolute Gasteiger partial charge is 0.251 e. The predicted molar refractivity (Wildman–Crippen MR) is 107 cm³/mol. The van der Waals surface area contributed by atoms with E-state index in [4.69, 9.17) is 5.26 Å². The molecule has 0 bridgehead atoms. The van der Waals surface area contributed by atoms with Crippen molar-refractivity contribution in [3.05, 3.63) is 65.9 Å². The van der Waals surface area contributed by atoms with E-state index in [0.29, 0.717) is 29.1 Å². The lowest BCUT2D eigenvalue weighted by atomic mass is 10.1. The van der Waals surface area contributed by atoms with Crippen molar-refractivity contribution < 1.29 is 4.79 Å². The van der Waals surface area contributed by atoms with Crippen molar-refractivity contribution in [2.24, 2.45) is 0 Å². The number of benzene rings is 2. The molecule has 4 rings (SSSR count). The van der Waals surface area contributed by atoms with E-state index < -0.39 is 0 Å². The Morgan fingerprint density at radius 3 is 2.79 bits per heavy atom. The van der Waals surface area contributed by atoms with E-state index >= 15 is 0 Å². The summed E-state index contributed by atoms with van der Waals surface area (Å²) in [5.41, 5.74) is 4.05. The van der Waals surface area contributed by atoms with Gasteiger partial charge in [-0.05, 0) is 42.0 Å². The molecule has 1 amide bonds. The maximum atomic E-state index is 11.6. The van der Waals surface area contributed by atoms with E-state index in [9.17, 15) is 4.79 Å². The van der Waals surface area contributed by atoms with Crippen LogP contribution < -0.4 is 10.6 Å². The summed E-state index contributed by atoms with van der Waals surface area (Å²) in [4.78, 5) is 20.4. The third-order valence-corrected chi connectivity index (χ3v) is 4.26. The number of fused-ring (bicyclic) bond motifs is 1. The predicted octanol–water partition coefficient (Wildman–Crippen LogP) is 2.38. The molecule has 0 spiro atoms. The van der Waals surface area contributed by atoms with Gasteiger partial charge in [0, 0.05) is 18.3 Å². The minimum Gasteiger partial charge on any atom is -0.355 e. The number of hydrogen-bond donors (Lipinski definition) is 2. The van der Waals surface area contributed by atoms with Gasteiger partial charge in [-0.15, -0.1) is 5.10 Å². The third-order valence-electron chi connectivity index (χ3n) is 4.26. The number of carbonyl (C=O) groups excluding carboxylic acids is 1. The van der Waals surface area contributed by atoms with E-state index in [0.717, 1.165) is 16.9 Å². The number of amides is 1. The van der Waals surface area contributed by atoms with Gasteiger partial charge in [-0.2, -0.15) is 14.9 Å². The number of rotatable bonds is 5. The first-order valence-corrected chi connectivity index (χ1v) is 8.82. The fourth-order valence-corrected chi connectivity index (χ4v) is 2.83. The van der Waals surface area contributed by atoms with Gasteiger partial charge in [0.05, 0.1) is 24.4 Å². The summed E-state index contributed by atoms with van der Waals surface area (Å²) in [6, 6.07) is 16.6. The van der Waals surface area contributed by atoms with Crippen LogP contribution in [0.4, 0.5) is 11.6 Å². The van der Waals surface area contributed by atoms with Crippen molar-refractivity contribution in [1.29, 1.82) is 5.26 Å². The van der Waals surface area contributed by atoms with Crippen LogP contribution in [-0.2, 0) is 6.42 Å². The molecule has 9 nitrogen and oxygen atoms in total. The molecule has 0 radical (unpaired) electrons. The van der Waals surface area contributed by atoms with Gasteiger partial charge in [0.1, 0.15) is 0 Å². The number of nitriles is 1. The van der Waals surface area contributed by atoms with E-state index in [2.05, 4.69) is 37.0 Å². The quantitative estimate of drug-likeness (QED) is 0.542. The number of carbonyl (C=O) groups is 1. The Kier molecular flexibility index (Phi) is 4.82. The van der Waals surface area contributed by atoms with Crippen LogP contribution in [0.25, 0.3) is 16.9 Å². The van der Waals surface area contributed by atoms with Crippen molar-refractivity contribution in [3.8, 4) is 11.8 Å². The number of nitrogens with zero attached hydrogens (tertiary/aromatic N) is 6. The molecular formula is C20H16N8O. The summed E-state index contributed by atoms with van der Waals surface area (Å²) in [7, 11) is 1.59. The van der Waals surface area contributed by atoms with Gasteiger partial charge in [-0.3, -0.25) is 4.79 Å². The molecule has 2 aromatic heterocycles. The van der Waals surface area contributed by atoms with Crippen LogP contribution in [0.5, 0.6) is 0 Å². The standard InChI is InChI=1S/C20H16N8O/c1-22-19(29)14-5-7-15(8-6-14)24-20-23-12-17-18(25-20)28(27-26-17)16-4-2-3-13(11-16)9-10-21/h2-8,11-12H,9H2,1H3,(H,22,29)(H,23,24,25). The first kappa shape index (κ1) is 18.1. The van der Waals surface area contributed by atoms with Gasteiger partial charge < -0.3 is 10.6 Å². The minimum absolute atomic E-state index is 0.150. The number of aromatic nitrogens is 5. The summed E-state index contributed by atoms with van der Waals surface area (Å²) in [6.45, 7) is 0. The molecule has 2 N–H and O–H groups in total. The number of nitrogens with one attached hydrogen (secondary N) is 2. The second-order valence-electron chi connectivity index (χ2n) is 6.19. The highest BCUT2D eigenvalue weighted by molar-refractivity contribution is 5.94. The van der Waals surface area contributed by atoms with E-state index in [1.165, 1.54) is 0 Å². The van der Waals surface area contributed by atoms with E-state index in [-0.39, 0.29) is 5.91 Å². The Morgan fingerprint density at radius 1 is 1.21 bits per heavy atom. The van der Waals surface area contributed by atoms with Gasteiger partial charge in [0.15, 0.2) is 11.2 Å². The van der Waals surface area contributed by atoms with Crippen molar-refractivity contribution in [1.82, 2.24) is 30.3 Å². The SMILES string of the molecule is CNC(=O)c1ccc(Nc2ncc3nnn(-c4cccc(CC#N)c4)c3n2)cc1. The average molecular weight is 384 g/mol. The summed E-state index contributed by atoms with van der Waals surface area (Å²) in [6.07, 6.45) is 1.90. The second kappa shape index (κ2) is 7.74. The lowest BCUT2D eigenvalue weighted by Gasteiger charge is -2.07. The molecule has 142 valence electrons. The first-order chi connectivity index (χ1) is 14.2. The monoisotopic (exact) mass is 384 g/mol. The molecule has 0 unspecified atom stereocenters. The Labute approximate surface area is 166 Å². The van der Waals surface area contributed by atoms with Crippen LogP contribution in [0.3, 0.4) is 0 Å². The van der Waals surface area contributed by atoms with E-state index in [1.54, 1.807) is 42.2 Å². The maximum Gasteiger partial charge on any atom is 0.251 e. The summed E-state index contributed by atoms with van der Waals surface area (Å²) < 4.78 is 1.61. The minimum atomic E-state index is -0.150. The summed E-state index contributed by atoms with van der Waals surface area (Å²) >= 11 is 0. The van der Waals surface area contributed by atoms with Crippen LogP contribution in [0.1, 0.15) is 15.9 Å². The van der Waals surface area contributed by atoms with Crippen molar-refractivity contribution in [2.75, 3.05) is 12.4 Å². The molecule has 29 heavy (non-hydrogen) atoms. The van der Waals surface area contributed by atoms with Crippen molar-refractivity contribution in [2.45, 2.75) is 6.42 Å². The molecule has 2 heterocycles. The highest BCUT2D eigenvalue weighted by Gasteiger charge is 2.11. The molecule has 0 fully saturated rings. The van der Waals surface area contributed by atoms with E-state index in [1.807, 2.05) is 24.3 Å². The summed E-state index contributed by atoms with van der Waals surface area (Å²) in [5, 5.41) is 22.9. The third kappa shape index (κ3) is 3.72. The lowest BCUT2D eigenvalue weighted by Crippen LogP contribution is -2.17. The van der Waals surface area contributed by atoms with Crippen LogP contribution in [0.15, 0.2) is 54.7 Å². The number of anilines is 2. The van der Waals surface area contributed by atoms with Crippen LogP contribution in [-0.4, -0.2) is 37.9 Å². The molecule has 0 saturated carbocycles. The van der Waals surface area contributed by atoms with Crippen LogP contribution in [0, 0.1) is 11.3 Å². The molecule has 0 aliphatic rings. The highest BCUT2D eigenvalue weighted by atomic mass is 16.1. The summed E-state index contributed by atoms with van der Waals surface area (Å²) in [5.74, 6) is 0.227. The molecule has 4 aromatic rings. The molecule has 9 heteroatoms. The molecule has 0 atom stereocenters. The molecule has 0 aliphatic carbocycles.